The zero-order valence-electron chi connectivity index (χ0n) is 12.4. The van der Waals surface area contributed by atoms with Crippen molar-refractivity contribution in [1.82, 2.24) is 5.43 Å². The van der Waals surface area contributed by atoms with E-state index in [9.17, 15) is 4.79 Å². The van der Waals surface area contributed by atoms with E-state index in [1.54, 1.807) is 7.11 Å². The summed E-state index contributed by atoms with van der Waals surface area (Å²) in [6, 6.07) is 7.87. The largest absolute Gasteiger partial charge is 0.497 e. The van der Waals surface area contributed by atoms with Crippen LogP contribution in [0.3, 0.4) is 0 Å². The number of ether oxygens (including phenoxy) is 2. The molecule has 0 aromatic heterocycles. The van der Waals surface area contributed by atoms with Crippen LogP contribution in [-0.4, -0.2) is 26.0 Å². The van der Waals surface area contributed by atoms with Gasteiger partial charge >= 0.3 is 6.09 Å². The Kier molecular flexibility index (Phi) is 5.37. The van der Waals surface area contributed by atoms with Gasteiger partial charge in [-0.05, 0) is 55.0 Å². The minimum atomic E-state index is -0.545. The van der Waals surface area contributed by atoms with Gasteiger partial charge in [0, 0.05) is 0 Å². The van der Waals surface area contributed by atoms with Crippen molar-refractivity contribution < 1.29 is 14.3 Å². The average molecular weight is 288 g/mol. The molecule has 1 fully saturated rings. The van der Waals surface area contributed by atoms with Gasteiger partial charge in [-0.25, -0.2) is 10.2 Å². The summed E-state index contributed by atoms with van der Waals surface area (Å²) in [5.74, 6) is 0.835. The summed E-state index contributed by atoms with van der Waals surface area (Å²) < 4.78 is 9.68. The minimum absolute atomic E-state index is 0.545. The fourth-order valence-electron chi connectivity index (χ4n) is 2.26. The standard InChI is InChI=1S/C16H20N2O3/c1-20-14-9-7-12(8-10-14)11-13-5-3-4-6-15(13)17-18-16(19)21-2/h7-11H,3-6H2,1-2H3,(H,18,19). The van der Waals surface area contributed by atoms with Crippen LogP contribution in [0.2, 0.25) is 0 Å². The predicted octanol–water partition coefficient (Wildman–Crippen LogP) is 3.36. The molecule has 1 aliphatic rings. The van der Waals surface area contributed by atoms with Crippen LogP contribution < -0.4 is 10.2 Å². The van der Waals surface area contributed by atoms with Gasteiger partial charge in [-0.2, -0.15) is 5.10 Å². The SMILES string of the molecule is COC(=O)NN=C1CCCCC1=Cc1ccc(OC)cc1. The number of methoxy groups -OCH3 is 2. The molecule has 1 aromatic carbocycles. The number of hydrogen-bond donors (Lipinski definition) is 1. The first-order valence-corrected chi connectivity index (χ1v) is 6.98. The number of carbonyl (C=O) groups excluding carboxylic acids is 1. The van der Waals surface area contributed by atoms with Crippen LogP contribution in [0.15, 0.2) is 34.9 Å². The Bertz CT molecular complexity index is 547. The molecule has 0 spiro atoms. The second-order valence-electron chi connectivity index (χ2n) is 4.81. The molecule has 0 unspecified atom stereocenters. The van der Waals surface area contributed by atoms with E-state index >= 15 is 0 Å². The summed E-state index contributed by atoms with van der Waals surface area (Å²) in [5, 5.41) is 4.16. The summed E-state index contributed by atoms with van der Waals surface area (Å²) in [6.07, 6.45) is 5.62. The van der Waals surface area contributed by atoms with Crippen molar-refractivity contribution in [3.8, 4) is 5.75 Å². The van der Waals surface area contributed by atoms with Gasteiger partial charge in [0.15, 0.2) is 0 Å². The van der Waals surface area contributed by atoms with Crippen molar-refractivity contribution in [3.05, 3.63) is 35.4 Å². The number of hydrogen-bond acceptors (Lipinski definition) is 4. The van der Waals surface area contributed by atoms with E-state index in [1.807, 2.05) is 24.3 Å². The maximum atomic E-state index is 11.1. The molecule has 0 heterocycles. The lowest BCUT2D eigenvalue weighted by molar-refractivity contribution is 0.171. The molecule has 21 heavy (non-hydrogen) atoms. The van der Waals surface area contributed by atoms with Gasteiger partial charge < -0.3 is 9.47 Å². The molecule has 0 atom stereocenters. The molecule has 112 valence electrons. The van der Waals surface area contributed by atoms with Crippen molar-refractivity contribution in [2.45, 2.75) is 25.7 Å². The van der Waals surface area contributed by atoms with E-state index in [1.165, 1.54) is 7.11 Å². The van der Waals surface area contributed by atoms with Crippen molar-refractivity contribution in [2.24, 2.45) is 5.10 Å². The Morgan fingerprint density at radius 3 is 2.57 bits per heavy atom. The molecule has 1 aliphatic carbocycles. The van der Waals surface area contributed by atoms with Gasteiger partial charge in [0.2, 0.25) is 0 Å². The molecular formula is C16H20N2O3. The van der Waals surface area contributed by atoms with Crippen LogP contribution in [-0.2, 0) is 4.74 Å². The number of rotatable bonds is 3. The molecule has 0 bridgehead atoms. The third-order valence-electron chi connectivity index (χ3n) is 3.40. The van der Waals surface area contributed by atoms with Crippen LogP contribution in [0.1, 0.15) is 31.2 Å². The van der Waals surface area contributed by atoms with Crippen molar-refractivity contribution >= 4 is 17.9 Å². The van der Waals surface area contributed by atoms with Crippen molar-refractivity contribution in [2.75, 3.05) is 14.2 Å². The Hall–Kier alpha value is -2.30. The molecule has 1 saturated carbocycles. The number of allylic oxidation sites excluding steroid dienone is 1. The summed E-state index contributed by atoms with van der Waals surface area (Å²) in [6.45, 7) is 0. The molecule has 1 amide bonds. The third-order valence-corrected chi connectivity index (χ3v) is 3.40. The summed E-state index contributed by atoms with van der Waals surface area (Å²) in [4.78, 5) is 11.1. The molecule has 1 N–H and O–H groups in total. The highest BCUT2D eigenvalue weighted by Gasteiger charge is 2.14. The number of nitrogens with one attached hydrogen (secondary N) is 1. The number of hydrazone groups is 1. The quantitative estimate of drug-likeness (QED) is 0.867. The molecule has 0 saturated heterocycles. The van der Waals surface area contributed by atoms with Gasteiger partial charge in [0.1, 0.15) is 5.75 Å². The maximum Gasteiger partial charge on any atom is 0.427 e. The molecule has 0 aliphatic heterocycles. The lowest BCUT2D eigenvalue weighted by Crippen LogP contribution is -2.21. The molecule has 5 heteroatoms. The Morgan fingerprint density at radius 2 is 1.90 bits per heavy atom. The van der Waals surface area contributed by atoms with Crippen LogP contribution in [0.25, 0.3) is 6.08 Å². The fourth-order valence-corrected chi connectivity index (χ4v) is 2.26. The first-order chi connectivity index (χ1) is 10.2. The topological polar surface area (TPSA) is 59.9 Å². The van der Waals surface area contributed by atoms with E-state index < -0.39 is 6.09 Å². The molecule has 5 nitrogen and oxygen atoms in total. The van der Waals surface area contributed by atoms with Gasteiger partial charge in [-0.1, -0.05) is 12.1 Å². The van der Waals surface area contributed by atoms with Crippen LogP contribution >= 0.6 is 0 Å². The summed E-state index contributed by atoms with van der Waals surface area (Å²) >= 11 is 0. The van der Waals surface area contributed by atoms with Gasteiger partial charge in [0.25, 0.3) is 0 Å². The number of nitrogens with zero attached hydrogens (tertiary/aromatic N) is 1. The van der Waals surface area contributed by atoms with Crippen molar-refractivity contribution in [3.63, 3.8) is 0 Å². The molecule has 2 rings (SSSR count). The minimum Gasteiger partial charge on any atom is -0.497 e. The third kappa shape index (κ3) is 4.34. The first kappa shape index (κ1) is 15.1. The first-order valence-electron chi connectivity index (χ1n) is 6.98. The van der Waals surface area contributed by atoms with Gasteiger partial charge in [-0.15, -0.1) is 0 Å². The highest BCUT2D eigenvalue weighted by atomic mass is 16.5. The zero-order valence-corrected chi connectivity index (χ0v) is 12.4. The van der Waals surface area contributed by atoms with Gasteiger partial charge in [0.05, 0.1) is 19.9 Å². The normalized spacial score (nSPS) is 18.6. The molecule has 1 aromatic rings. The van der Waals surface area contributed by atoms with Crippen LogP contribution in [0, 0.1) is 0 Å². The van der Waals surface area contributed by atoms with Crippen LogP contribution in [0.5, 0.6) is 5.75 Å². The maximum absolute atomic E-state index is 11.1. The van der Waals surface area contributed by atoms with Crippen molar-refractivity contribution in [1.29, 1.82) is 0 Å². The fraction of sp³-hybridized carbons (Fsp3) is 0.375. The smallest absolute Gasteiger partial charge is 0.427 e. The Balaban J connectivity index is 2.16. The highest BCUT2D eigenvalue weighted by molar-refractivity contribution is 6.04. The zero-order chi connectivity index (χ0) is 15.1. The lowest BCUT2D eigenvalue weighted by atomic mass is 9.91. The monoisotopic (exact) mass is 288 g/mol. The van der Waals surface area contributed by atoms with Gasteiger partial charge in [-0.3, -0.25) is 0 Å². The van der Waals surface area contributed by atoms with E-state index in [-0.39, 0.29) is 0 Å². The number of amides is 1. The summed E-state index contributed by atoms with van der Waals surface area (Å²) in [7, 11) is 2.97. The predicted molar refractivity (Wildman–Crippen MR) is 82.4 cm³/mol. The highest BCUT2D eigenvalue weighted by Crippen LogP contribution is 2.24. The van der Waals surface area contributed by atoms with Crippen LogP contribution in [0.4, 0.5) is 4.79 Å². The molecule has 0 radical (unpaired) electrons. The molecular weight excluding hydrogens is 268 g/mol. The Morgan fingerprint density at radius 1 is 1.19 bits per heavy atom. The second-order valence-corrected chi connectivity index (χ2v) is 4.81. The number of benzene rings is 1. The number of carbonyl (C=O) groups is 1. The van der Waals surface area contributed by atoms with E-state index in [4.69, 9.17) is 4.74 Å². The van der Waals surface area contributed by atoms with E-state index in [0.717, 1.165) is 48.3 Å². The van der Waals surface area contributed by atoms with E-state index in [2.05, 4.69) is 21.3 Å². The average Bonchev–Trinajstić information content (AvgIpc) is 2.54. The van der Waals surface area contributed by atoms with E-state index in [0.29, 0.717) is 0 Å². The Labute approximate surface area is 124 Å². The summed E-state index contributed by atoms with van der Waals surface area (Å²) in [5.41, 5.74) is 5.57. The lowest BCUT2D eigenvalue weighted by Gasteiger charge is -2.17. The second kappa shape index (κ2) is 7.47.